The number of halogens is 1. The van der Waals surface area contributed by atoms with Gasteiger partial charge in [-0.2, -0.15) is 0 Å². The molecule has 41 heavy (non-hydrogen) atoms. The van der Waals surface area contributed by atoms with Crippen molar-refractivity contribution in [2.75, 3.05) is 27.4 Å². The number of ether oxygens (including phenoxy) is 5. The molecule has 0 saturated carbocycles. The van der Waals surface area contributed by atoms with Crippen LogP contribution in [0, 0.1) is 3.57 Å². The molecule has 3 aromatic rings. The maximum atomic E-state index is 14.0. The zero-order chi connectivity index (χ0) is 29.8. The maximum Gasteiger partial charge on any atom is 0.338 e. The van der Waals surface area contributed by atoms with Gasteiger partial charge in [-0.05, 0) is 84.8 Å². The summed E-state index contributed by atoms with van der Waals surface area (Å²) in [5.41, 5.74) is 1.69. The van der Waals surface area contributed by atoms with Crippen LogP contribution in [0.25, 0.3) is 6.08 Å². The van der Waals surface area contributed by atoms with Crippen LogP contribution in [0.15, 0.2) is 51.4 Å². The van der Waals surface area contributed by atoms with Crippen LogP contribution in [0.3, 0.4) is 0 Å². The first kappa shape index (κ1) is 30.3. The molecular weight excluding hydrogens is 663 g/mol. The second kappa shape index (κ2) is 12.9. The molecule has 1 atom stereocenters. The van der Waals surface area contributed by atoms with Gasteiger partial charge in [0.05, 0.1) is 52.8 Å². The topological polar surface area (TPSA) is 115 Å². The van der Waals surface area contributed by atoms with Crippen molar-refractivity contribution >= 4 is 51.9 Å². The van der Waals surface area contributed by atoms with Gasteiger partial charge >= 0.3 is 11.9 Å². The molecule has 0 saturated heterocycles. The first-order valence-corrected chi connectivity index (χ1v) is 14.6. The van der Waals surface area contributed by atoms with Gasteiger partial charge in [0.15, 0.2) is 27.8 Å². The van der Waals surface area contributed by atoms with Gasteiger partial charge in [-0.15, -0.1) is 0 Å². The SMILES string of the molecule is CCOC(=O)C1=C(C)N=c2s/c(=C\c3cc(I)c(OC(C)=O)c(OC)c3)c(=O)n2[C@@H]1c1ccc(OC)c(OCC)c1. The molecule has 0 radical (unpaired) electrons. The molecule has 0 unspecified atom stereocenters. The molecule has 0 fully saturated rings. The minimum atomic E-state index is -0.807. The Kier molecular flexibility index (Phi) is 9.53. The van der Waals surface area contributed by atoms with E-state index in [4.69, 9.17) is 23.7 Å². The highest BCUT2D eigenvalue weighted by Gasteiger charge is 2.34. The van der Waals surface area contributed by atoms with Crippen LogP contribution in [0.2, 0.25) is 0 Å². The molecule has 0 aliphatic carbocycles. The zero-order valence-electron chi connectivity index (χ0n) is 23.4. The number of rotatable bonds is 9. The van der Waals surface area contributed by atoms with Crippen molar-refractivity contribution in [3.8, 4) is 23.0 Å². The number of thiazole rings is 1. The summed E-state index contributed by atoms with van der Waals surface area (Å²) in [6.07, 6.45) is 1.71. The van der Waals surface area contributed by atoms with Crippen molar-refractivity contribution in [2.45, 2.75) is 33.7 Å². The third-order valence-electron chi connectivity index (χ3n) is 6.12. The van der Waals surface area contributed by atoms with Gasteiger partial charge in [-0.1, -0.05) is 17.4 Å². The number of carbonyl (C=O) groups is 2. The lowest BCUT2D eigenvalue weighted by molar-refractivity contribution is -0.139. The molecule has 1 aliphatic heterocycles. The Bertz CT molecular complexity index is 1720. The monoisotopic (exact) mass is 692 g/mol. The minimum Gasteiger partial charge on any atom is -0.493 e. The van der Waals surface area contributed by atoms with E-state index < -0.39 is 18.0 Å². The third kappa shape index (κ3) is 6.17. The quantitative estimate of drug-likeness (QED) is 0.190. The van der Waals surface area contributed by atoms with E-state index in [0.717, 1.165) is 0 Å². The normalized spacial score (nSPS) is 14.7. The van der Waals surface area contributed by atoms with E-state index in [1.807, 2.05) is 29.5 Å². The first-order valence-electron chi connectivity index (χ1n) is 12.7. The van der Waals surface area contributed by atoms with Crippen LogP contribution in [0.1, 0.15) is 44.9 Å². The number of hydrogen-bond acceptors (Lipinski definition) is 10. The highest BCUT2D eigenvalue weighted by atomic mass is 127. The second-order valence-electron chi connectivity index (χ2n) is 8.77. The third-order valence-corrected chi connectivity index (χ3v) is 7.90. The van der Waals surface area contributed by atoms with Crippen LogP contribution >= 0.6 is 33.9 Å². The van der Waals surface area contributed by atoms with Crippen molar-refractivity contribution in [1.82, 2.24) is 4.57 Å². The summed E-state index contributed by atoms with van der Waals surface area (Å²) in [6, 6.07) is 7.96. The molecule has 216 valence electrons. The van der Waals surface area contributed by atoms with Gasteiger partial charge in [0.2, 0.25) is 0 Å². The van der Waals surface area contributed by atoms with Crippen molar-refractivity contribution in [2.24, 2.45) is 4.99 Å². The molecule has 1 aromatic heterocycles. The van der Waals surface area contributed by atoms with E-state index in [0.29, 0.717) is 59.3 Å². The number of methoxy groups -OCH3 is 2. The number of allylic oxidation sites excluding steroid dienone is 1. The molecule has 0 amide bonds. The van der Waals surface area contributed by atoms with Crippen molar-refractivity contribution in [1.29, 1.82) is 0 Å². The lowest BCUT2D eigenvalue weighted by Crippen LogP contribution is -2.40. The average molecular weight is 693 g/mol. The Morgan fingerprint density at radius 3 is 2.44 bits per heavy atom. The van der Waals surface area contributed by atoms with Crippen molar-refractivity contribution in [3.63, 3.8) is 0 Å². The summed E-state index contributed by atoms with van der Waals surface area (Å²) in [6.45, 7) is 7.20. The fourth-order valence-corrected chi connectivity index (χ4v) is 6.24. The zero-order valence-corrected chi connectivity index (χ0v) is 26.4. The van der Waals surface area contributed by atoms with Crippen LogP contribution in [-0.4, -0.2) is 43.9 Å². The van der Waals surface area contributed by atoms with E-state index >= 15 is 0 Å². The molecule has 1 aliphatic rings. The maximum absolute atomic E-state index is 14.0. The van der Waals surface area contributed by atoms with Crippen LogP contribution in [0.4, 0.5) is 0 Å². The summed E-state index contributed by atoms with van der Waals surface area (Å²) in [5.74, 6) is 0.650. The van der Waals surface area contributed by atoms with E-state index in [1.54, 1.807) is 57.4 Å². The van der Waals surface area contributed by atoms with Gasteiger partial charge < -0.3 is 23.7 Å². The second-order valence-corrected chi connectivity index (χ2v) is 10.9. The largest absolute Gasteiger partial charge is 0.493 e. The van der Waals surface area contributed by atoms with Gasteiger partial charge in [0, 0.05) is 6.92 Å². The minimum absolute atomic E-state index is 0.170. The summed E-state index contributed by atoms with van der Waals surface area (Å²) in [7, 11) is 3.02. The highest BCUT2D eigenvalue weighted by Crippen LogP contribution is 2.37. The molecule has 2 heterocycles. The molecular formula is C29H29IN2O8S. The number of esters is 2. The number of nitrogens with zero attached hydrogens (tertiary/aromatic N) is 2. The van der Waals surface area contributed by atoms with E-state index in [2.05, 4.69) is 4.99 Å². The number of benzene rings is 2. The molecule has 0 bridgehead atoms. The molecule has 0 N–H and O–H groups in total. The molecule has 0 spiro atoms. The number of carbonyl (C=O) groups excluding carboxylic acids is 2. The van der Waals surface area contributed by atoms with Gasteiger partial charge in [-0.3, -0.25) is 14.2 Å². The summed E-state index contributed by atoms with van der Waals surface area (Å²) >= 11 is 3.25. The first-order chi connectivity index (χ1) is 19.6. The Morgan fingerprint density at radius 2 is 1.80 bits per heavy atom. The van der Waals surface area contributed by atoms with E-state index in [1.165, 1.54) is 29.9 Å². The smallest absolute Gasteiger partial charge is 0.338 e. The van der Waals surface area contributed by atoms with Crippen LogP contribution < -0.4 is 33.8 Å². The van der Waals surface area contributed by atoms with E-state index in [9.17, 15) is 14.4 Å². The number of fused-ring (bicyclic) bond motifs is 1. The van der Waals surface area contributed by atoms with Crippen molar-refractivity contribution < 1.29 is 33.3 Å². The Hall–Kier alpha value is -3.65. The predicted octanol–water partition coefficient (Wildman–Crippen LogP) is 3.74. The average Bonchev–Trinajstić information content (AvgIpc) is 3.23. The summed E-state index contributed by atoms with van der Waals surface area (Å²) < 4.78 is 29.9. The van der Waals surface area contributed by atoms with E-state index in [-0.39, 0.29) is 17.7 Å². The fraction of sp³-hybridized carbons (Fsp3) is 0.310. The summed E-state index contributed by atoms with van der Waals surface area (Å²) in [5, 5.41) is 0. The number of hydrogen-bond donors (Lipinski definition) is 0. The predicted molar refractivity (Wildman–Crippen MR) is 162 cm³/mol. The molecule has 12 heteroatoms. The Morgan fingerprint density at radius 1 is 1.07 bits per heavy atom. The van der Waals surface area contributed by atoms with Gasteiger partial charge in [-0.25, -0.2) is 9.79 Å². The molecule has 2 aromatic carbocycles. The molecule has 10 nitrogen and oxygen atoms in total. The highest BCUT2D eigenvalue weighted by molar-refractivity contribution is 14.1. The molecule has 4 rings (SSSR count). The Balaban J connectivity index is 1.94. The Labute approximate surface area is 254 Å². The van der Waals surface area contributed by atoms with Crippen LogP contribution in [-0.2, 0) is 14.3 Å². The van der Waals surface area contributed by atoms with Crippen LogP contribution in [0.5, 0.6) is 23.0 Å². The standard InChI is InChI=1S/C29H29IN2O8S/c1-7-38-21-14-18(9-10-20(21)36-5)25-24(28(35)39-8-2)15(3)31-29-32(25)27(34)23(41-29)13-17-11-19(30)26(40-16(4)33)22(12-17)37-6/h9-14,25H,7-8H2,1-6H3/b23-13-/t25-/m1/s1. The van der Waals surface area contributed by atoms with Gasteiger partial charge in [0.25, 0.3) is 5.56 Å². The summed E-state index contributed by atoms with van der Waals surface area (Å²) in [4.78, 5) is 43.8. The number of aromatic nitrogens is 1. The van der Waals surface area contributed by atoms with Crippen molar-refractivity contribution in [3.05, 3.63) is 76.0 Å². The fourth-order valence-electron chi connectivity index (χ4n) is 4.46. The lowest BCUT2D eigenvalue weighted by atomic mass is 9.95. The lowest BCUT2D eigenvalue weighted by Gasteiger charge is -2.25. The van der Waals surface area contributed by atoms with Gasteiger partial charge in [0.1, 0.15) is 0 Å².